The van der Waals surface area contributed by atoms with Gasteiger partial charge < -0.3 is 0 Å². The summed E-state index contributed by atoms with van der Waals surface area (Å²) in [6, 6.07) is 0.785. The summed E-state index contributed by atoms with van der Waals surface area (Å²) >= 11 is 0. The Morgan fingerprint density at radius 2 is 2.00 bits per heavy atom. The number of likely N-dealkylation sites (tertiary alicyclic amines) is 1. The van der Waals surface area contributed by atoms with Crippen molar-refractivity contribution in [3.63, 3.8) is 0 Å². The van der Waals surface area contributed by atoms with Gasteiger partial charge in [0.15, 0.2) is 0 Å². The third-order valence-corrected chi connectivity index (χ3v) is 3.41. The predicted octanol–water partition coefficient (Wildman–Crippen LogP) is 1.84. The largest absolute Gasteiger partial charge is 0.300 e. The highest BCUT2D eigenvalue weighted by Gasteiger charge is 2.34. The molecule has 0 aromatic rings. The van der Waals surface area contributed by atoms with Gasteiger partial charge in [-0.1, -0.05) is 6.92 Å². The SMILES string of the molecule is CCC(C1CC1)N1CCC(=O)CC1. The zero-order valence-corrected chi connectivity index (χ0v) is 8.46. The second kappa shape index (κ2) is 3.79. The number of hydrogen-bond donors (Lipinski definition) is 0. The molecule has 0 N–H and O–H groups in total. The highest BCUT2D eigenvalue weighted by molar-refractivity contribution is 5.79. The topological polar surface area (TPSA) is 20.3 Å². The standard InChI is InChI=1S/C11H19NO/c1-2-11(9-3-4-9)12-7-5-10(13)6-8-12/h9,11H,2-8H2,1H3. The van der Waals surface area contributed by atoms with Crippen LogP contribution in [0, 0.1) is 5.92 Å². The first-order valence-electron chi connectivity index (χ1n) is 5.57. The second-order valence-electron chi connectivity index (χ2n) is 4.39. The van der Waals surface area contributed by atoms with E-state index in [1.165, 1.54) is 19.3 Å². The van der Waals surface area contributed by atoms with Crippen LogP contribution < -0.4 is 0 Å². The van der Waals surface area contributed by atoms with Crippen LogP contribution in [-0.2, 0) is 4.79 Å². The Labute approximate surface area is 80.3 Å². The lowest BCUT2D eigenvalue weighted by Gasteiger charge is -2.33. The van der Waals surface area contributed by atoms with Gasteiger partial charge in [-0.3, -0.25) is 9.69 Å². The van der Waals surface area contributed by atoms with Crippen LogP contribution in [0.4, 0.5) is 0 Å². The molecule has 13 heavy (non-hydrogen) atoms. The summed E-state index contributed by atoms with van der Waals surface area (Å²) < 4.78 is 0. The highest BCUT2D eigenvalue weighted by atomic mass is 16.1. The molecule has 0 radical (unpaired) electrons. The van der Waals surface area contributed by atoms with Crippen LogP contribution in [0.2, 0.25) is 0 Å². The maximum absolute atomic E-state index is 11.1. The number of nitrogens with zero attached hydrogens (tertiary/aromatic N) is 1. The average Bonchev–Trinajstić information content (AvgIpc) is 2.93. The molecule has 1 atom stereocenters. The molecule has 2 rings (SSSR count). The Morgan fingerprint density at radius 3 is 2.46 bits per heavy atom. The van der Waals surface area contributed by atoms with E-state index in [1.807, 2.05) is 0 Å². The molecule has 2 nitrogen and oxygen atoms in total. The summed E-state index contributed by atoms with van der Waals surface area (Å²) in [6.45, 7) is 4.32. The van der Waals surface area contributed by atoms with Crippen LogP contribution in [0.1, 0.15) is 39.0 Å². The van der Waals surface area contributed by atoms with Crippen molar-refractivity contribution in [3.8, 4) is 0 Å². The lowest BCUT2D eigenvalue weighted by atomic mass is 10.0. The maximum Gasteiger partial charge on any atom is 0.135 e. The van der Waals surface area contributed by atoms with E-state index in [0.717, 1.165) is 37.9 Å². The number of carbonyl (C=O) groups is 1. The highest BCUT2D eigenvalue weighted by Crippen LogP contribution is 2.37. The number of hydrogen-bond acceptors (Lipinski definition) is 2. The van der Waals surface area contributed by atoms with Crippen LogP contribution in [0.3, 0.4) is 0 Å². The van der Waals surface area contributed by atoms with Gasteiger partial charge in [0.25, 0.3) is 0 Å². The van der Waals surface area contributed by atoms with Crippen molar-refractivity contribution in [2.24, 2.45) is 5.92 Å². The zero-order valence-electron chi connectivity index (χ0n) is 8.46. The summed E-state index contributed by atoms with van der Waals surface area (Å²) in [5, 5.41) is 0. The summed E-state index contributed by atoms with van der Waals surface area (Å²) in [4.78, 5) is 13.6. The van der Waals surface area contributed by atoms with E-state index in [1.54, 1.807) is 0 Å². The van der Waals surface area contributed by atoms with E-state index in [9.17, 15) is 4.79 Å². The van der Waals surface area contributed by atoms with E-state index in [-0.39, 0.29) is 0 Å². The van der Waals surface area contributed by atoms with Crippen molar-refractivity contribution in [2.45, 2.75) is 45.1 Å². The van der Waals surface area contributed by atoms with Crippen LogP contribution >= 0.6 is 0 Å². The molecule has 1 unspecified atom stereocenters. The Bertz CT molecular complexity index is 188. The zero-order chi connectivity index (χ0) is 9.26. The molecule has 0 aromatic heterocycles. The van der Waals surface area contributed by atoms with Crippen LogP contribution in [0.15, 0.2) is 0 Å². The molecular weight excluding hydrogens is 162 g/mol. The van der Waals surface area contributed by atoms with E-state index < -0.39 is 0 Å². The molecule has 0 bridgehead atoms. The van der Waals surface area contributed by atoms with Crippen molar-refractivity contribution in [1.82, 2.24) is 4.90 Å². The van der Waals surface area contributed by atoms with Gasteiger partial charge in [0, 0.05) is 32.0 Å². The first kappa shape index (κ1) is 9.20. The van der Waals surface area contributed by atoms with Gasteiger partial charge in [-0.15, -0.1) is 0 Å². The van der Waals surface area contributed by atoms with Gasteiger partial charge in [0.1, 0.15) is 5.78 Å². The van der Waals surface area contributed by atoms with Gasteiger partial charge in [-0.05, 0) is 25.2 Å². The molecule has 2 fully saturated rings. The van der Waals surface area contributed by atoms with Gasteiger partial charge in [-0.25, -0.2) is 0 Å². The lowest BCUT2D eigenvalue weighted by molar-refractivity contribution is -0.122. The van der Waals surface area contributed by atoms with Gasteiger partial charge in [0.05, 0.1) is 0 Å². The Morgan fingerprint density at radius 1 is 1.38 bits per heavy atom. The molecule has 2 heteroatoms. The van der Waals surface area contributed by atoms with E-state index in [4.69, 9.17) is 0 Å². The number of ketones is 1. The van der Waals surface area contributed by atoms with Gasteiger partial charge in [0.2, 0.25) is 0 Å². The molecule has 0 spiro atoms. The van der Waals surface area contributed by atoms with Crippen molar-refractivity contribution in [2.75, 3.05) is 13.1 Å². The fourth-order valence-corrected chi connectivity index (χ4v) is 2.48. The Kier molecular flexibility index (Phi) is 2.68. The molecule has 74 valence electrons. The molecular formula is C11H19NO. The molecule has 1 saturated carbocycles. The first-order valence-corrected chi connectivity index (χ1v) is 5.57. The molecule has 2 aliphatic rings. The first-order chi connectivity index (χ1) is 6.31. The van der Waals surface area contributed by atoms with E-state index in [0.29, 0.717) is 5.78 Å². The van der Waals surface area contributed by atoms with Gasteiger partial charge in [-0.2, -0.15) is 0 Å². The van der Waals surface area contributed by atoms with Crippen molar-refractivity contribution in [1.29, 1.82) is 0 Å². The van der Waals surface area contributed by atoms with Crippen LogP contribution in [0.5, 0.6) is 0 Å². The van der Waals surface area contributed by atoms with Crippen LogP contribution in [0.25, 0.3) is 0 Å². The number of rotatable bonds is 3. The fourth-order valence-electron chi connectivity index (χ4n) is 2.48. The number of carbonyl (C=O) groups excluding carboxylic acids is 1. The monoisotopic (exact) mass is 181 g/mol. The smallest absolute Gasteiger partial charge is 0.135 e. The summed E-state index contributed by atoms with van der Waals surface area (Å²) in [7, 11) is 0. The number of piperidine rings is 1. The summed E-state index contributed by atoms with van der Waals surface area (Å²) in [5.41, 5.74) is 0. The summed E-state index contributed by atoms with van der Waals surface area (Å²) in [6.07, 6.45) is 5.69. The van der Waals surface area contributed by atoms with Gasteiger partial charge >= 0.3 is 0 Å². The summed E-state index contributed by atoms with van der Waals surface area (Å²) in [5.74, 6) is 1.42. The molecule has 0 amide bonds. The van der Waals surface area contributed by atoms with E-state index in [2.05, 4.69) is 11.8 Å². The Balaban J connectivity index is 1.87. The Hall–Kier alpha value is -0.370. The quantitative estimate of drug-likeness (QED) is 0.662. The molecule has 1 aliphatic carbocycles. The molecule has 1 heterocycles. The molecule has 1 saturated heterocycles. The fraction of sp³-hybridized carbons (Fsp3) is 0.909. The predicted molar refractivity (Wildman–Crippen MR) is 52.6 cm³/mol. The maximum atomic E-state index is 11.1. The molecule has 0 aromatic carbocycles. The third kappa shape index (κ3) is 2.11. The van der Waals surface area contributed by atoms with Crippen molar-refractivity contribution < 1.29 is 4.79 Å². The minimum atomic E-state index is 0.460. The minimum Gasteiger partial charge on any atom is -0.300 e. The normalized spacial score (nSPS) is 27.6. The van der Waals surface area contributed by atoms with E-state index >= 15 is 0 Å². The average molecular weight is 181 g/mol. The second-order valence-corrected chi connectivity index (χ2v) is 4.39. The van der Waals surface area contributed by atoms with Crippen molar-refractivity contribution >= 4 is 5.78 Å². The third-order valence-electron chi connectivity index (χ3n) is 3.41. The van der Waals surface area contributed by atoms with Crippen molar-refractivity contribution in [3.05, 3.63) is 0 Å². The molecule has 1 aliphatic heterocycles. The number of Topliss-reactive ketones (excluding diaryl/α,β-unsaturated/α-hetero) is 1. The minimum absolute atomic E-state index is 0.460. The lowest BCUT2D eigenvalue weighted by Crippen LogP contribution is -2.42. The van der Waals surface area contributed by atoms with Crippen LogP contribution in [-0.4, -0.2) is 29.8 Å².